The molecule has 2 fully saturated rings. The number of anilines is 1. The summed E-state index contributed by atoms with van der Waals surface area (Å²) in [7, 11) is 1.88. The normalized spacial score (nSPS) is 18.8. The molecule has 4 rings (SSSR count). The standard InChI is InChI=1S/C24H29FN4O2.ClH/c1-27-18-29(21-6-3-2-4-7-21)24(23(27)30)13-16-28(17-14-24)15-5-8-22(26-31)19-9-11-20(25)12-10-19;/h2-4,6-7,9-12,31H,5,8,13-18H2,1H3;1H/b26-22-;. The minimum absolute atomic E-state index is 0. The Bertz CT molecular complexity index is 931. The van der Waals surface area contributed by atoms with Crippen molar-refractivity contribution in [3.8, 4) is 0 Å². The van der Waals surface area contributed by atoms with E-state index >= 15 is 0 Å². The fraction of sp³-hybridized carbons (Fsp3) is 0.417. The van der Waals surface area contributed by atoms with E-state index in [0.717, 1.165) is 50.1 Å². The highest BCUT2D eigenvalue weighted by molar-refractivity contribution is 6.00. The molecular formula is C24H30ClFN4O2. The minimum Gasteiger partial charge on any atom is -0.411 e. The lowest BCUT2D eigenvalue weighted by Gasteiger charge is -2.43. The number of carbonyl (C=O) groups is 1. The summed E-state index contributed by atoms with van der Waals surface area (Å²) in [6, 6.07) is 16.2. The Hall–Kier alpha value is -2.64. The lowest BCUT2D eigenvalue weighted by atomic mass is 9.85. The SMILES string of the molecule is CN1CN(c2ccccc2)C2(CCN(CCC/C(=N/O)c3ccc(F)cc3)CC2)C1=O.Cl. The molecule has 2 aliphatic rings. The van der Waals surface area contributed by atoms with Gasteiger partial charge in [0.25, 0.3) is 0 Å². The van der Waals surface area contributed by atoms with E-state index in [-0.39, 0.29) is 24.1 Å². The summed E-state index contributed by atoms with van der Waals surface area (Å²) in [5.74, 6) is -0.0954. The van der Waals surface area contributed by atoms with Crippen molar-refractivity contribution in [2.45, 2.75) is 31.2 Å². The molecule has 0 radical (unpaired) electrons. The summed E-state index contributed by atoms with van der Waals surface area (Å²) in [4.78, 5) is 19.6. The minimum atomic E-state index is -0.460. The molecule has 2 aromatic carbocycles. The Labute approximate surface area is 194 Å². The Morgan fingerprint density at radius 3 is 2.38 bits per heavy atom. The number of rotatable bonds is 6. The number of oxime groups is 1. The number of likely N-dealkylation sites (N-methyl/N-ethyl adjacent to an activating group) is 1. The Morgan fingerprint density at radius 1 is 1.09 bits per heavy atom. The monoisotopic (exact) mass is 460 g/mol. The summed E-state index contributed by atoms with van der Waals surface area (Å²) in [5.41, 5.74) is 1.94. The van der Waals surface area contributed by atoms with Crippen molar-refractivity contribution < 1.29 is 14.4 Å². The maximum Gasteiger partial charge on any atom is 0.249 e. The van der Waals surface area contributed by atoms with Crippen molar-refractivity contribution in [1.29, 1.82) is 0 Å². The summed E-state index contributed by atoms with van der Waals surface area (Å²) in [6.45, 7) is 3.19. The first kappa shape index (κ1) is 24.0. The summed E-state index contributed by atoms with van der Waals surface area (Å²) >= 11 is 0. The van der Waals surface area contributed by atoms with Gasteiger partial charge >= 0.3 is 0 Å². The van der Waals surface area contributed by atoms with Crippen LogP contribution in [0.3, 0.4) is 0 Å². The summed E-state index contributed by atoms with van der Waals surface area (Å²) < 4.78 is 13.1. The number of amides is 1. The second kappa shape index (κ2) is 10.3. The van der Waals surface area contributed by atoms with E-state index < -0.39 is 5.54 Å². The molecule has 0 aliphatic carbocycles. The Kier molecular flexibility index (Phi) is 7.74. The third-order valence-corrected chi connectivity index (χ3v) is 6.55. The molecule has 0 atom stereocenters. The lowest BCUT2D eigenvalue weighted by Crippen LogP contribution is -2.56. The molecule has 2 aliphatic heterocycles. The van der Waals surface area contributed by atoms with E-state index in [1.807, 2.05) is 30.1 Å². The first-order valence-corrected chi connectivity index (χ1v) is 10.8. The van der Waals surface area contributed by atoms with Crippen LogP contribution in [0, 0.1) is 5.82 Å². The molecule has 1 N–H and O–H groups in total. The highest BCUT2D eigenvalue weighted by atomic mass is 35.5. The summed E-state index contributed by atoms with van der Waals surface area (Å²) in [5, 5.41) is 12.8. The first-order chi connectivity index (χ1) is 15.0. The number of likely N-dealkylation sites (tertiary alicyclic amines) is 1. The molecule has 0 unspecified atom stereocenters. The quantitative estimate of drug-likeness (QED) is 0.402. The van der Waals surface area contributed by atoms with Gasteiger partial charge in [-0.05, 0) is 62.1 Å². The number of hydrogen-bond donors (Lipinski definition) is 1. The molecule has 172 valence electrons. The maximum atomic E-state index is 13.1. The molecule has 32 heavy (non-hydrogen) atoms. The number of hydrogen-bond acceptors (Lipinski definition) is 5. The van der Waals surface area contributed by atoms with Gasteiger partial charge in [-0.15, -0.1) is 12.4 Å². The lowest BCUT2D eigenvalue weighted by molar-refractivity contribution is -0.132. The van der Waals surface area contributed by atoms with Crippen LogP contribution in [0.1, 0.15) is 31.2 Å². The Morgan fingerprint density at radius 2 is 1.75 bits per heavy atom. The molecule has 1 spiro atoms. The number of piperidine rings is 1. The van der Waals surface area contributed by atoms with Crippen LogP contribution >= 0.6 is 12.4 Å². The van der Waals surface area contributed by atoms with E-state index in [1.165, 1.54) is 12.1 Å². The van der Waals surface area contributed by atoms with Gasteiger partial charge in [-0.2, -0.15) is 0 Å². The molecule has 6 nitrogen and oxygen atoms in total. The zero-order valence-corrected chi connectivity index (χ0v) is 19.1. The maximum absolute atomic E-state index is 13.1. The molecule has 0 saturated carbocycles. The van der Waals surface area contributed by atoms with Crippen molar-refractivity contribution >= 4 is 29.7 Å². The number of halogens is 2. The van der Waals surface area contributed by atoms with Crippen molar-refractivity contribution in [2.75, 3.05) is 38.3 Å². The van der Waals surface area contributed by atoms with Gasteiger partial charge < -0.3 is 19.9 Å². The number of carbonyl (C=O) groups excluding carboxylic acids is 1. The van der Waals surface area contributed by atoms with Crippen molar-refractivity contribution in [3.05, 3.63) is 66.0 Å². The zero-order valence-electron chi connectivity index (χ0n) is 18.3. The largest absolute Gasteiger partial charge is 0.411 e. The predicted molar refractivity (Wildman–Crippen MR) is 126 cm³/mol. The predicted octanol–water partition coefficient (Wildman–Crippen LogP) is 3.98. The van der Waals surface area contributed by atoms with Crippen LogP contribution in [-0.2, 0) is 4.79 Å². The van der Waals surface area contributed by atoms with Crippen LogP contribution in [-0.4, -0.2) is 65.5 Å². The molecule has 0 aromatic heterocycles. The van der Waals surface area contributed by atoms with Crippen LogP contribution < -0.4 is 4.90 Å². The average molecular weight is 461 g/mol. The van der Waals surface area contributed by atoms with Gasteiger partial charge in [-0.3, -0.25) is 4.79 Å². The van der Waals surface area contributed by atoms with Crippen molar-refractivity contribution in [1.82, 2.24) is 9.80 Å². The van der Waals surface area contributed by atoms with Crippen molar-refractivity contribution in [2.24, 2.45) is 5.16 Å². The van der Waals surface area contributed by atoms with Crippen LogP contribution in [0.4, 0.5) is 10.1 Å². The molecule has 2 aromatic rings. The van der Waals surface area contributed by atoms with Gasteiger partial charge in [-0.25, -0.2) is 4.39 Å². The number of nitrogens with zero attached hydrogens (tertiary/aromatic N) is 4. The molecule has 2 heterocycles. The van der Waals surface area contributed by atoms with Gasteiger partial charge in [0.2, 0.25) is 5.91 Å². The van der Waals surface area contributed by atoms with Crippen LogP contribution in [0.5, 0.6) is 0 Å². The number of para-hydroxylation sites is 1. The van der Waals surface area contributed by atoms with Crippen LogP contribution in [0.25, 0.3) is 0 Å². The third kappa shape index (κ3) is 4.74. The third-order valence-electron chi connectivity index (χ3n) is 6.55. The molecular weight excluding hydrogens is 431 g/mol. The second-order valence-corrected chi connectivity index (χ2v) is 8.44. The fourth-order valence-electron chi connectivity index (χ4n) is 4.81. The first-order valence-electron chi connectivity index (χ1n) is 10.8. The summed E-state index contributed by atoms with van der Waals surface area (Å²) in [6.07, 6.45) is 3.04. The van der Waals surface area contributed by atoms with Gasteiger partial charge in [0.05, 0.1) is 12.4 Å². The fourth-order valence-corrected chi connectivity index (χ4v) is 4.81. The zero-order chi connectivity index (χ0) is 21.8. The van der Waals surface area contributed by atoms with Gasteiger partial charge in [0, 0.05) is 25.8 Å². The molecule has 1 amide bonds. The molecule has 0 bridgehead atoms. The van der Waals surface area contributed by atoms with E-state index in [1.54, 1.807) is 12.1 Å². The molecule has 8 heteroatoms. The van der Waals surface area contributed by atoms with Gasteiger partial charge in [0.1, 0.15) is 11.4 Å². The highest BCUT2D eigenvalue weighted by Gasteiger charge is 2.52. The van der Waals surface area contributed by atoms with Gasteiger partial charge in [-0.1, -0.05) is 35.5 Å². The van der Waals surface area contributed by atoms with E-state index in [0.29, 0.717) is 18.8 Å². The van der Waals surface area contributed by atoms with E-state index in [2.05, 4.69) is 27.1 Å². The van der Waals surface area contributed by atoms with Crippen LogP contribution in [0.2, 0.25) is 0 Å². The molecule has 2 saturated heterocycles. The average Bonchev–Trinajstić information content (AvgIpc) is 3.04. The van der Waals surface area contributed by atoms with Crippen LogP contribution in [0.15, 0.2) is 59.8 Å². The topological polar surface area (TPSA) is 59.4 Å². The smallest absolute Gasteiger partial charge is 0.249 e. The van der Waals surface area contributed by atoms with E-state index in [9.17, 15) is 14.4 Å². The second-order valence-electron chi connectivity index (χ2n) is 8.44. The Balaban J connectivity index is 0.00000289. The number of benzene rings is 2. The van der Waals surface area contributed by atoms with Gasteiger partial charge in [0.15, 0.2) is 0 Å². The van der Waals surface area contributed by atoms with Crippen molar-refractivity contribution in [3.63, 3.8) is 0 Å². The van der Waals surface area contributed by atoms with E-state index in [4.69, 9.17) is 0 Å². The highest BCUT2D eigenvalue weighted by Crippen LogP contribution is 2.38.